The van der Waals surface area contributed by atoms with E-state index in [1.165, 1.54) is 4.90 Å². The lowest BCUT2D eigenvalue weighted by Gasteiger charge is -2.39. The van der Waals surface area contributed by atoms with Crippen LogP contribution in [0.1, 0.15) is 54.0 Å². The number of carboxylic acids is 1. The van der Waals surface area contributed by atoms with Crippen molar-refractivity contribution < 1.29 is 23.9 Å². The van der Waals surface area contributed by atoms with Gasteiger partial charge in [0.2, 0.25) is 5.91 Å². The highest BCUT2D eigenvalue weighted by Crippen LogP contribution is 2.45. The molecule has 1 N–H and O–H groups in total. The number of amides is 2. The van der Waals surface area contributed by atoms with Gasteiger partial charge in [0.05, 0.1) is 5.56 Å². The van der Waals surface area contributed by atoms with E-state index in [0.717, 1.165) is 25.7 Å². The first-order chi connectivity index (χ1) is 12.8. The van der Waals surface area contributed by atoms with Crippen LogP contribution in [-0.2, 0) is 9.59 Å². The molecule has 1 aromatic rings. The molecular weight excluding hydrogens is 348 g/mol. The summed E-state index contributed by atoms with van der Waals surface area (Å²) < 4.78 is 5.46. The van der Waals surface area contributed by atoms with Gasteiger partial charge in [0.1, 0.15) is 17.6 Å². The smallest absolute Gasteiger partial charge is 0.326 e. The molecule has 4 rings (SSSR count). The Morgan fingerprint density at radius 1 is 1.19 bits per heavy atom. The summed E-state index contributed by atoms with van der Waals surface area (Å²) in [4.78, 5) is 40.6. The van der Waals surface area contributed by atoms with Crippen LogP contribution in [0.25, 0.3) is 0 Å². The van der Waals surface area contributed by atoms with Gasteiger partial charge in [-0.1, -0.05) is 0 Å². The lowest BCUT2D eigenvalue weighted by Crippen LogP contribution is -2.45. The zero-order valence-corrected chi connectivity index (χ0v) is 15.9. The number of hydrogen-bond donors (Lipinski definition) is 1. The summed E-state index contributed by atoms with van der Waals surface area (Å²) in [6.07, 6.45) is 3.95. The van der Waals surface area contributed by atoms with Gasteiger partial charge in [-0.2, -0.15) is 0 Å². The molecule has 3 fully saturated rings. The molecular formula is C20H26N2O5. The van der Waals surface area contributed by atoms with Crippen LogP contribution in [0.4, 0.5) is 0 Å². The normalized spacial score (nSPS) is 24.4. The van der Waals surface area contributed by atoms with E-state index in [1.807, 2.05) is 4.90 Å². The van der Waals surface area contributed by atoms with Crippen molar-refractivity contribution in [2.45, 2.75) is 52.0 Å². The molecule has 27 heavy (non-hydrogen) atoms. The number of piperidine rings is 1. The third kappa shape index (κ3) is 3.24. The van der Waals surface area contributed by atoms with Crippen molar-refractivity contribution in [2.24, 2.45) is 11.3 Å². The van der Waals surface area contributed by atoms with E-state index < -0.39 is 12.0 Å². The highest BCUT2D eigenvalue weighted by molar-refractivity contribution is 5.98. The molecule has 3 heterocycles. The van der Waals surface area contributed by atoms with Crippen LogP contribution in [0.15, 0.2) is 10.5 Å². The van der Waals surface area contributed by atoms with E-state index in [-0.39, 0.29) is 23.1 Å². The third-order valence-electron chi connectivity index (χ3n) is 6.39. The summed E-state index contributed by atoms with van der Waals surface area (Å²) in [7, 11) is 0. The van der Waals surface area contributed by atoms with Crippen molar-refractivity contribution in [2.75, 3.05) is 19.6 Å². The van der Waals surface area contributed by atoms with E-state index in [1.54, 1.807) is 19.9 Å². The van der Waals surface area contributed by atoms with Crippen molar-refractivity contribution >= 4 is 17.8 Å². The predicted octanol–water partition coefficient (Wildman–Crippen LogP) is 2.21. The van der Waals surface area contributed by atoms with Gasteiger partial charge in [0.25, 0.3) is 5.91 Å². The van der Waals surface area contributed by atoms with Crippen molar-refractivity contribution in [3.05, 3.63) is 23.2 Å². The first-order valence-corrected chi connectivity index (χ1v) is 9.69. The second-order valence-electron chi connectivity index (χ2n) is 8.42. The van der Waals surface area contributed by atoms with Crippen LogP contribution in [0.5, 0.6) is 0 Å². The molecule has 1 saturated carbocycles. The van der Waals surface area contributed by atoms with Crippen LogP contribution in [-0.4, -0.2) is 58.4 Å². The highest BCUT2D eigenvalue weighted by Gasteiger charge is 2.51. The Hall–Kier alpha value is -2.31. The van der Waals surface area contributed by atoms with Crippen molar-refractivity contribution in [3.8, 4) is 0 Å². The average Bonchev–Trinajstić information content (AvgIpc) is 3.33. The number of likely N-dealkylation sites (tertiary alicyclic amines) is 2. The van der Waals surface area contributed by atoms with Gasteiger partial charge in [0.15, 0.2) is 0 Å². The lowest BCUT2D eigenvalue weighted by atomic mass is 9.76. The molecule has 2 amide bonds. The monoisotopic (exact) mass is 374 g/mol. The fourth-order valence-corrected chi connectivity index (χ4v) is 4.64. The van der Waals surface area contributed by atoms with Gasteiger partial charge in [0, 0.05) is 25.6 Å². The number of furan rings is 1. The summed E-state index contributed by atoms with van der Waals surface area (Å²) in [5.74, 6) is 0.380. The van der Waals surface area contributed by atoms with Gasteiger partial charge in [-0.15, -0.1) is 0 Å². The number of nitrogens with zero attached hydrogens (tertiary/aromatic N) is 2. The Labute approximate surface area is 158 Å². The molecule has 0 radical (unpaired) electrons. The second kappa shape index (κ2) is 6.39. The molecule has 2 aliphatic heterocycles. The maximum Gasteiger partial charge on any atom is 0.326 e. The van der Waals surface area contributed by atoms with Gasteiger partial charge < -0.3 is 19.3 Å². The Bertz CT molecular complexity index is 786. The third-order valence-corrected chi connectivity index (χ3v) is 6.39. The van der Waals surface area contributed by atoms with E-state index in [2.05, 4.69) is 0 Å². The molecule has 1 atom stereocenters. The number of carbonyl (C=O) groups is 3. The predicted molar refractivity (Wildman–Crippen MR) is 96.2 cm³/mol. The SMILES string of the molecule is Cc1cc(C(=O)N2CC3(CCN(C(=O)C4CC4)CC3)C[C@H]2C(=O)O)c(C)o1. The Morgan fingerprint density at radius 2 is 1.85 bits per heavy atom. The summed E-state index contributed by atoms with van der Waals surface area (Å²) >= 11 is 0. The van der Waals surface area contributed by atoms with Gasteiger partial charge in [-0.05, 0) is 57.4 Å². The number of aliphatic carboxylic acids is 1. The number of carbonyl (C=O) groups excluding carboxylic acids is 2. The summed E-state index contributed by atoms with van der Waals surface area (Å²) in [5, 5.41) is 9.71. The van der Waals surface area contributed by atoms with Crippen molar-refractivity contribution in [1.29, 1.82) is 0 Å². The van der Waals surface area contributed by atoms with Crippen molar-refractivity contribution in [1.82, 2.24) is 9.80 Å². The van der Waals surface area contributed by atoms with Crippen molar-refractivity contribution in [3.63, 3.8) is 0 Å². The number of rotatable bonds is 3. The molecule has 1 aromatic heterocycles. The zero-order valence-electron chi connectivity index (χ0n) is 15.9. The Balaban J connectivity index is 1.50. The lowest BCUT2D eigenvalue weighted by molar-refractivity contribution is -0.141. The molecule has 2 saturated heterocycles. The number of carboxylic acid groups (broad SMARTS) is 1. The molecule has 0 bridgehead atoms. The summed E-state index contributed by atoms with van der Waals surface area (Å²) in [5.41, 5.74) is 0.225. The number of aryl methyl sites for hydroxylation is 2. The van der Waals surface area contributed by atoms with Crippen LogP contribution in [0, 0.1) is 25.2 Å². The van der Waals surface area contributed by atoms with Crippen LogP contribution >= 0.6 is 0 Å². The van der Waals surface area contributed by atoms with Crippen LogP contribution in [0.2, 0.25) is 0 Å². The minimum atomic E-state index is -0.963. The van der Waals surface area contributed by atoms with Gasteiger partial charge in [-0.3, -0.25) is 9.59 Å². The maximum absolute atomic E-state index is 13.0. The van der Waals surface area contributed by atoms with Crippen LogP contribution in [0.3, 0.4) is 0 Å². The quantitative estimate of drug-likeness (QED) is 0.876. The van der Waals surface area contributed by atoms with Gasteiger partial charge in [-0.25, -0.2) is 4.79 Å². The fourth-order valence-electron chi connectivity index (χ4n) is 4.64. The molecule has 0 unspecified atom stereocenters. The minimum absolute atomic E-state index is 0.208. The van der Waals surface area contributed by atoms with E-state index in [0.29, 0.717) is 43.1 Å². The standard InChI is InChI=1S/C20H26N2O5/c1-12-9-15(13(2)27-12)18(24)22-11-20(10-16(22)19(25)26)5-7-21(8-6-20)17(23)14-3-4-14/h9,14,16H,3-8,10-11H2,1-2H3,(H,25,26)/t16-/m0/s1. The van der Waals surface area contributed by atoms with E-state index in [4.69, 9.17) is 4.42 Å². The summed E-state index contributed by atoms with van der Waals surface area (Å²) in [6.45, 7) is 5.25. The summed E-state index contributed by atoms with van der Waals surface area (Å²) in [6, 6.07) is 0.858. The molecule has 7 heteroatoms. The zero-order chi connectivity index (χ0) is 19.3. The van der Waals surface area contributed by atoms with E-state index >= 15 is 0 Å². The molecule has 7 nitrogen and oxygen atoms in total. The molecule has 3 aliphatic rings. The fraction of sp³-hybridized carbons (Fsp3) is 0.650. The highest BCUT2D eigenvalue weighted by atomic mass is 16.4. The number of hydrogen-bond acceptors (Lipinski definition) is 4. The average molecular weight is 374 g/mol. The molecule has 146 valence electrons. The Morgan fingerprint density at radius 3 is 2.37 bits per heavy atom. The van der Waals surface area contributed by atoms with E-state index in [9.17, 15) is 19.5 Å². The molecule has 1 aliphatic carbocycles. The van der Waals surface area contributed by atoms with Crippen LogP contribution < -0.4 is 0 Å². The first-order valence-electron chi connectivity index (χ1n) is 9.69. The largest absolute Gasteiger partial charge is 0.480 e. The van der Waals surface area contributed by atoms with Gasteiger partial charge >= 0.3 is 5.97 Å². The Kier molecular flexibility index (Phi) is 4.28. The minimum Gasteiger partial charge on any atom is -0.480 e. The maximum atomic E-state index is 13.0. The second-order valence-corrected chi connectivity index (χ2v) is 8.42. The first kappa shape index (κ1) is 18.1. The molecule has 1 spiro atoms. The molecule has 0 aromatic carbocycles. The topological polar surface area (TPSA) is 91.1 Å².